The van der Waals surface area contributed by atoms with Crippen molar-refractivity contribution in [1.29, 1.82) is 0 Å². The molecule has 5 N–H and O–H groups in total. The Morgan fingerprint density at radius 1 is 1.41 bits per heavy atom. The van der Waals surface area contributed by atoms with E-state index in [1.54, 1.807) is 0 Å². The number of benzene rings is 1. The van der Waals surface area contributed by atoms with Crippen LogP contribution in [-0.2, 0) is 16.0 Å². The van der Waals surface area contributed by atoms with Crippen LogP contribution in [0.2, 0.25) is 0 Å². The van der Waals surface area contributed by atoms with Gasteiger partial charge in [0.05, 0.1) is 0 Å². The van der Waals surface area contributed by atoms with Gasteiger partial charge in [-0.1, -0.05) is 6.07 Å². The number of carboxylic acids is 1. The molecule has 7 nitrogen and oxygen atoms in total. The number of hydrogen-bond acceptors (Lipinski definition) is 6. The Morgan fingerprint density at radius 3 is 2.77 bits per heavy atom. The fraction of sp³-hybridized carbons (Fsp3) is 0.286. The van der Waals surface area contributed by atoms with Crippen LogP contribution in [0.25, 0.3) is 0 Å². The largest absolute Gasteiger partial charge is 0.508 e. The van der Waals surface area contributed by atoms with Crippen molar-refractivity contribution < 1.29 is 24.9 Å². The monoisotopic (exact) mass is 322 g/mol. The van der Waals surface area contributed by atoms with Gasteiger partial charge in [0.15, 0.2) is 0 Å². The van der Waals surface area contributed by atoms with Crippen LogP contribution in [-0.4, -0.2) is 49.3 Å². The summed E-state index contributed by atoms with van der Waals surface area (Å²) >= 11 is 1.41. The third-order valence-electron chi connectivity index (χ3n) is 3.76. The number of phenolic OH excluding ortho intramolecular Hbond substituents is 2. The Morgan fingerprint density at radius 2 is 2.14 bits per heavy atom. The highest BCUT2D eigenvalue weighted by Crippen LogP contribution is 2.40. The molecule has 2 aliphatic rings. The predicted octanol–water partition coefficient (Wildman–Crippen LogP) is 0.221. The second kappa shape index (κ2) is 5.22. The minimum absolute atomic E-state index is 0.0528. The third-order valence-corrected chi connectivity index (χ3v) is 5.12. The number of aromatic hydroxyl groups is 2. The molecule has 0 bridgehead atoms. The molecule has 1 aromatic rings. The second-order valence-corrected chi connectivity index (χ2v) is 6.29. The number of thioether (sulfide) groups is 1. The molecule has 2 aliphatic heterocycles. The number of nitrogens with two attached hydrogens (primary N) is 1. The molecule has 1 amide bonds. The van der Waals surface area contributed by atoms with E-state index in [0.29, 0.717) is 16.9 Å². The molecule has 0 radical (unpaired) electrons. The number of fused-ring (bicyclic) bond motifs is 1. The van der Waals surface area contributed by atoms with E-state index in [0.717, 1.165) is 0 Å². The number of carbonyl (C=O) groups is 2. The maximum Gasteiger partial charge on any atom is 0.352 e. The summed E-state index contributed by atoms with van der Waals surface area (Å²) in [6, 6.07) is 3.47. The first-order valence-electron chi connectivity index (χ1n) is 6.56. The lowest BCUT2D eigenvalue weighted by atomic mass is 9.99. The molecule has 0 unspecified atom stereocenters. The minimum Gasteiger partial charge on any atom is -0.508 e. The zero-order valence-electron chi connectivity index (χ0n) is 11.4. The Kier molecular flexibility index (Phi) is 3.50. The maximum absolute atomic E-state index is 11.8. The third kappa shape index (κ3) is 2.20. The van der Waals surface area contributed by atoms with Gasteiger partial charge < -0.3 is 21.1 Å². The van der Waals surface area contributed by atoms with Crippen molar-refractivity contribution in [2.75, 3.05) is 5.75 Å². The summed E-state index contributed by atoms with van der Waals surface area (Å²) in [7, 11) is 0. The number of aliphatic carboxylic acids is 1. The lowest BCUT2D eigenvalue weighted by Crippen LogP contribution is -2.68. The number of nitrogens with zero attached hydrogens (tertiary/aromatic N) is 1. The normalized spacial score (nSPS) is 24.0. The van der Waals surface area contributed by atoms with Crippen LogP contribution >= 0.6 is 11.8 Å². The van der Waals surface area contributed by atoms with Crippen molar-refractivity contribution in [2.24, 2.45) is 5.73 Å². The van der Waals surface area contributed by atoms with Gasteiger partial charge in [-0.15, -0.1) is 11.8 Å². The SMILES string of the molecule is N[C@@H]1C(=O)N2C(C(=O)O)=C(Cc3ccc(O)cc3O)CS[C@@H]12. The van der Waals surface area contributed by atoms with Crippen LogP contribution in [0.15, 0.2) is 29.5 Å². The van der Waals surface area contributed by atoms with Crippen molar-refractivity contribution >= 4 is 23.6 Å². The van der Waals surface area contributed by atoms with Crippen LogP contribution in [0.5, 0.6) is 11.5 Å². The van der Waals surface area contributed by atoms with Gasteiger partial charge in [0.1, 0.15) is 28.6 Å². The Bertz CT molecular complexity index is 702. The number of β-lactam (4-membered cyclic amide) rings is 1. The standard InChI is InChI=1S/C14H14N2O5S/c15-10-12(19)16-11(14(20)21)7(5-22-13(10)16)3-6-1-2-8(17)4-9(6)18/h1-2,4,10,13,17-18H,3,5,15H2,(H,20,21)/t10-,13+/m1/s1. The summed E-state index contributed by atoms with van der Waals surface area (Å²) in [6.45, 7) is 0. The van der Waals surface area contributed by atoms with Crippen molar-refractivity contribution in [2.45, 2.75) is 17.8 Å². The fourth-order valence-corrected chi connectivity index (χ4v) is 3.94. The lowest BCUT2D eigenvalue weighted by molar-refractivity contribution is -0.148. The molecule has 3 rings (SSSR count). The number of hydrogen-bond donors (Lipinski definition) is 4. The molecule has 0 spiro atoms. The molecular formula is C14H14N2O5S. The summed E-state index contributed by atoms with van der Waals surface area (Å²) in [4.78, 5) is 24.6. The van der Waals surface area contributed by atoms with Crippen molar-refractivity contribution in [3.63, 3.8) is 0 Å². The van der Waals surface area contributed by atoms with Crippen molar-refractivity contribution in [1.82, 2.24) is 4.90 Å². The zero-order valence-corrected chi connectivity index (χ0v) is 12.2. The molecule has 1 fully saturated rings. The van der Waals surface area contributed by atoms with Crippen LogP contribution in [0.1, 0.15) is 5.56 Å². The lowest BCUT2D eigenvalue weighted by Gasteiger charge is -2.48. The first kappa shape index (κ1) is 14.7. The number of carbonyl (C=O) groups excluding carboxylic acids is 1. The summed E-state index contributed by atoms with van der Waals surface area (Å²) in [5, 5.41) is 28.2. The first-order valence-corrected chi connectivity index (χ1v) is 7.61. The minimum atomic E-state index is -1.18. The van der Waals surface area contributed by atoms with E-state index in [1.165, 1.54) is 34.9 Å². The number of rotatable bonds is 3. The highest BCUT2D eigenvalue weighted by Gasteiger charge is 2.51. The molecular weight excluding hydrogens is 308 g/mol. The van der Waals surface area contributed by atoms with Gasteiger partial charge in [-0.05, 0) is 17.2 Å². The number of phenols is 2. The van der Waals surface area contributed by atoms with Crippen molar-refractivity contribution in [3.8, 4) is 11.5 Å². The van der Waals surface area contributed by atoms with Gasteiger partial charge in [0, 0.05) is 18.2 Å². The zero-order chi connectivity index (χ0) is 16.0. The summed E-state index contributed by atoms with van der Waals surface area (Å²) in [6.07, 6.45) is 0.187. The summed E-state index contributed by atoms with van der Waals surface area (Å²) in [5.41, 5.74) is 6.66. The molecule has 1 saturated heterocycles. The molecule has 116 valence electrons. The van der Waals surface area contributed by atoms with E-state index in [2.05, 4.69) is 0 Å². The summed E-state index contributed by atoms with van der Waals surface area (Å²) in [5.74, 6) is -1.35. The molecule has 0 saturated carbocycles. The van der Waals surface area contributed by atoms with E-state index in [1.807, 2.05) is 0 Å². The number of amides is 1. The van der Waals surface area contributed by atoms with E-state index in [9.17, 15) is 24.9 Å². The number of carboxylic acid groups (broad SMARTS) is 1. The van der Waals surface area contributed by atoms with E-state index >= 15 is 0 Å². The van der Waals surface area contributed by atoms with E-state index in [4.69, 9.17) is 5.73 Å². The Hall–Kier alpha value is -2.19. The molecule has 1 aromatic carbocycles. The molecule has 2 atom stereocenters. The average molecular weight is 322 g/mol. The van der Waals surface area contributed by atoms with E-state index in [-0.39, 0.29) is 29.0 Å². The predicted molar refractivity (Wildman–Crippen MR) is 79.2 cm³/mol. The van der Waals surface area contributed by atoms with Gasteiger partial charge >= 0.3 is 5.97 Å². The van der Waals surface area contributed by atoms with Gasteiger partial charge in [-0.2, -0.15) is 0 Å². The Labute approximate surface area is 130 Å². The molecule has 8 heteroatoms. The topological polar surface area (TPSA) is 124 Å². The van der Waals surface area contributed by atoms with Gasteiger partial charge in [0.2, 0.25) is 5.91 Å². The van der Waals surface area contributed by atoms with Gasteiger partial charge in [0.25, 0.3) is 0 Å². The smallest absolute Gasteiger partial charge is 0.352 e. The van der Waals surface area contributed by atoms with E-state index < -0.39 is 17.9 Å². The van der Waals surface area contributed by atoms with Crippen LogP contribution in [0.4, 0.5) is 0 Å². The molecule has 0 aliphatic carbocycles. The first-order chi connectivity index (χ1) is 10.4. The van der Waals surface area contributed by atoms with Crippen LogP contribution in [0, 0.1) is 0 Å². The second-order valence-electron chi connectivity index (χ2n) is 5.18. The highest BCUT2D eigenvalue weighted by atomic mass is 32.2. The van der Waals surface area contributed by atoms with Gasteiger partial charge in [-0.3, -0.25) is 9.69 Å². The van der Waals surface area contributed by atoms with Crippen LogP contribution < -0.4 is 5.73 Å². The molecule has 22 heavy (non-hydrogen) atoms. The van der Waals surface area contributed by atoms with Crippen molar-refractivity contribution in [3.05, 3.63) is 35.0 Å². The molecule has 2 heterocycles. The average Bonchev–Trinajstić information content (AvgIpc) is 2.48. The van der Waals surface area contributed by atoms with Crippen LogP contribution in [0.3, 0.4) is 0 Å². The fourth-order valence-electron chi connectivity index (χ4n) is 2.65. The van der Waals surface area contributed by atoms with Gasteiger partial charge in [-0.25, -0.2) is 4.79 Å². The quantitative estimate of drug-likeness (QED) is 0.587. The maximum atomic E-state index is 11.8. The highest BCUT2D eigenvalue weighted by molar-refractivity contribution is 8.00. The molecule has 0 aromatic heterocycles. The summed E-state index contributed by atoms with van der Waals surface area (Å²) < 4.78 is 0. The Balaban J connectivity index is 1.96.